The quantitative estimate of drug-likeness (QED) is 0.257. The summed E-state index contributed by atoms with van der Waals surface area (Å²) in [5.74, 6) is -3.08. The zero-order valence-corrected chi connectivity index (χ0v) is 22.7. The first-order valence-electron chi connectivity index (χ1n) is 10.7. The van der Waals surface area contributed by atoms with E-state index in [1.165, 1.54) is 66.7 Å². The molecule has 0 fully saturated rings. The third kappa shape index (κ3) is 7.01. The molecular weight excluding hydrogens is 563 g/mol. The SMILES string of the molecule is CCOC(=O)[C@@H](C(C)=O)c1cc(NS(=O)(=O)c2ccc(Cl)cc2)ccc1NS(=O)(=O)c1ccc(Cl)cc1. The molecule has 3 aromatic carbocycles. The van der Waals surface area contributed by atoms with E-state index in [1.807, 2.05) is 0 Å². The predicted octanol–water partition coefficient (Wildman–Crippen LogP) is 4.83. The Hall–Kier alpha value is -3.12. The number of sulfonamides is 2. The Bertz CT molecular complexity index is 1520. The molecule has 0 saturated heterocycles. The van der Waals surface area contributed by atoms with Crippen LogP contribution in [0.15, 0.2) is 76.5 Å². The summed E-state index contributed by atoms with van der Waals surface area (Å²) in [6, 6.07) is 14.5. The highest BCUT2D eigenvalue weighted by Gasteiger charge is 2.31. The van der Waals surface area contributed by atoms with Gasteiger partial charge in [0.05, 0.1) is 22.1 Å². The minimum Gasteiger partial charge on any atom is -0.465 e. The van der Waals surface area contributed by atoms with E-state index in [4.69, 9.17) is 27.9 Å². The topological polar surface area (TPSA) is 136 Å². The van der Waals surface area contributed by atoms with Crippen molar-refractivity contribution in [2.24, 2.45) is 0 Å². The lowest BCUT2D eigenvalue weighted by Crippen LogP contribution is -2.25. The van der Waals surface area contributed by atoms with Crippen LogP contribution in [0.1, 0.15) is 25.3 Å². The average Bonchev–Trinajstić information content (AvgIpc) is 2.81. The van der Waals surface area contributed by atoms with Gasteiger partial charge in [-0.2, -0.15) is 0 Å². The highest BCUT2D eigenvalue weighted by molar-refractivity contribution is 7.93. The number of Topliss-reactive ketones (excluding diaryl/α,β-unsaturated/α-hetero) is 1. The van der Waals surface area contributed by atoms with Gasteiger partial charge in [-0.25, -0.2) is 16.8 Å². The molecule has 0 amide bonds. The van der Waals surface area contributed by atoms with Crippen LogP contribution < -0.4 is 9.44 Å². The fraction of sp³-hybridized carbons (Fsp3) is 0.167. The number of ether oxygens (including phenoxy) is 1. The number of rotatable bonds is 10. The second-order valence-electron chi connectivity index (χ2n) is 7.72. The summed E-state index contributed by atoms with van der Waals surface area (Å²) in [4.78, 5) is 25.0. The molecule has 1 atom stereocenters. The van der Waals surface area contributed by atoms with E-state index < -0.39 is 37.7 Å². The molecule has 37 heavy (non-hydrogen) atoms. The molecule has 0 spiro atoms. The van der Waals surface area contributed by atoms with E-state index in [9.17, 15) is 26.4 Å². The van der Waals surface area contributed by atoms with Gasteiger partial charge in [-0.05, 0) is 86.1 Å². The first-order chi connectivity index (χ1) is 17.3. The molecular formula is C24H22Cl2N2O7S2. The number of nitrogens with one attached hydrogen (secondary N) is 2. The number of esters is 1. The second-order valence-corrected chi connectivity index (χ2v) is 12.0. The fourth-order valence-corrected chi connectivity index (χ4v) is 5.73. The maximum atomic E-state index is 13.0. The van der Waals surface area contributed by atoms with Crippen molar-refractivity contribution in [2.75, 3.05) is 16.1 Å². The molecule has 0 radical (unpaired) electrons. The summed E-state index contributed by atoms with van der Waals surface area (Å²) < 4.78 is 61.5. The van der Waals surface area contributed by atoms with E-state index in [0.29, 0.717) is 10.0 Å². The van der Waals surface area contributed by atoms with Crippen molar-refractivity contribution < 1.29 is 31.2 Å². The van der Waals surface area contributed by atoms with Crippen molar-refractivity contribution in [3.8, 4) is 0 Å². The number of ketones is 1. The smallest absolute Gasteiger partial charge is 0.321 e. The normalized spacial score (nSPS) is 12.4. The van der Waals surface area contributed by atoms with Gasteiger partial charge in [0, 0.05) is 15.7 Å². The number of hydrogen-bond donors (Lipinski definition) is 2. The van der Waals surface area contributed by atoms with Crippen LogP contribution in [-0.4, -0.2) is 35.2 Å². The molecule has 13 heteroatoms. The Morgan fingerprint density at radius 2 is 1.30 bits per heavy atom. The van der Waals surface area contributed by atoms with Gasteiger partial charge in [-0.15, -0.1) is 0 Å². The van der Waals surface area contributed by atoms with Gasteiger partial charge >= 0.3 is 5.97 Å². The summed E-state index contributed by atoms with van der Waals surface area (Å²) >= 11 is 11.7. The molecule has 0 aliphatic heterocycles. The summed E-state index contributed by atoms with van der Waals surface area (Å²) in [5, 5.41) is 0.674. The molecule has 3 rings (SSSR count). The van der Waals surface area contributed by atoms with Gasteiger partial charge in [0.1, 0.15) is 11.7 Å². The van der Waals surface area contributed by atoms with Crippen LogP contribution in [0.4, 0.5) is 11.4 Å². The van der Waals surface area contributed by atoms with Crippen molar-refractivity contribution in [1.82, 2.24) is 0 Å². The monoisotopic (exact) mass is 584 g/mol. The van der Waals surface area contributed by atoms with Crippen LogP contribution in [0, 0.1) is 0 Å². The summed E-state index contributed by atoms with van der Waals surface area (Å²) in [7, 11) is -8.25. The number of benzene rings is 3. The van der Waals surface area contributed by atoms with Crippen molar-refractivity contribution >= 4 is 66.4 Å². The maximum Gasteiger partial charge on any atom is 0.321 e. The highest BCUT2D eigenvalue weighted by atomic mass is 35.5. The minimum absolute atomic E-state index is 0.0186. The number of carbonyl (C=O) groups is 2. The summed E-state index contributed by atoms with van der Waals surface area (Å²) in [6.07, 6.45) is 0. The Morgan fingerprint density at radius 1 is 0.811 bits per heavy atom. The lowest BCUT2D eigenvalue weighted by molar-refractivity contribution is -0.147. The molecule has 3 aromatic rings. The fourth-order valence-electron chi connectivity index (χ4n) is 3.34. The third-order valence-corrected chi connectivity index (χ3v) is 8.32. The van der Waals surface area contributed by atoms with E-state index >= 15 is 0 Å². The maximum absolute atomic E-state index is 13.0. The Kier molecular flexibility index (Phi) is 8.85. The first kappa shape index (κ1) is 28.5. The van der Waals surface area contributed by atoms with E-state index in [-0.39, 0.29) is 33.3 Å². The van der Waals surface area contributed by atoms with Gasteiger partial charge in [0.15, 0.2) is 0 Å². The molecule has 9 nitrogen and oxygen atoms in total. The molecule has 0 aliphatic rings. The number of halogens is 2. The second kappa shape index (κ2) is 11.5. The van der Waals surface area contributed by atoms with Gasteiger partial charge in [-0.3, -0.25) is 19.0 Å². The molecule has 0 heterocycles. The van der Waals surface area contributed by atoms with E-state index in [0.717, 1.165) is 6.92 Å². The standard InChI is InChI=1S/C24H22Cl2N2O7S2/c1-3-35-24(30)23(15(2)29)21-14-18(27-36(31,32)19-9-4-16(25)5-10-19)8-13-22(21)28-37(33,34)20-11-6-17(26)7-12-20/h4-14,23,27-28H,3H2,1-2H3/t23-/m0/s1. The van der Waals surface area contributed by atoms with Crippen molar-refractivity contribution in [3.63, 3.8) is 0 Å². The van der Waals surface area contributed by atoms with E-state index in [2.05, 4.69) is 9.44 Å². The third-order valence-electron chi connectivity index (χ3n) is 5.04. The first-order valence-corrected chi connectivity index (χ1v) is 14.4. The molecule has 196 valence electrons. The molecule has 2 N–H and O–H groups in total. The molecule has 0 aromatic heterocycles. The molecule has 0 saturated carbocycles. The van der Waals surface area contributed by atoms with Crippen LogP contribution in [0.2, 0.25) is 10.0 Å². The zero-order chi connectivity index (χ0) is 27.4. The van der Waals surface area contributed by atoms with Crippen molar-refractivity contribution in [3.05, 3.63) is 82.3 Å². The van der Waals surface area contributed by atoms with Crippen LogP contribution >= 0.6 is 23.2 Å². The van der Waals surface area contributed by atoms with Gasteiger partial charge in [0.2, 0.25) is 0 Å². The Balaban J connectivity index is 2.09. The lowest BCUT2D eigenvalue weighted by Gasteiger charge is -2.20. The summed E-state index contributed by atoms with van der Waals surface area (Å²) in [6.45, 7) is 2.66. The Morgan fingerprint density at radius 3 is 1.76 bits per heavy atom. The van der Waals surface area contributed by atoms with E-state index in [1.54, 1.807) is 6.92 Å². The lowest BCUT2D eigenvalue weighted by atomic mass is 9.93. The average molecular weight is 585 g/mol. The van der Waals surface area contributed by atoms with Gasteiger partial charge < -0.3 is 4.74 Å². The van der Waals surface area contributed by atoms with Gasteiger partial charge in [-0.1, -0.05) is 23.2 Å². The molecule has 0 bridgehead atoms. The number of hydrogen-bond acceptors (Lipinski definition) is 7. The van der Waals surface area contributed by atoms with Crippen LogP contribution in [-0.2, 0) is 34.4 Å². The van der Waals surface area contributed by atoms with Gasteiger partial charge in [0.25, 0.3) is 20.0 Å². The molecule has 0 unspecified atom stereocenters. The van der Waals surface area contributed by atoms with Crippen LogP contribution in [0.25, 0.3) is 0 Å². The predicted molar refractivity (Wildman–Crippen MR) is 141 cm³/mol. The minimum atomic E-state index is -4.17. The van der Waals surface area contributed by atoms with Crippen LogP contribution in [0.5, 0.6) is 0 Å². The van der Waals surface area contributed by atoms with Crippen molar-refractivity contribution in [1.29, 1.82) is 0 Å². The summed E-state index contributed by atoms with van der Waals surface area (Å²) in [5.41, 5.74) is -0.229. The Labute approximate surface area is 224 Å². The molecule has 0 aliphatic carbocycles. The highest BCUT2D eigenvalue weighted by Crippen LogP contribution is 2.32. The number of carbonyl (C=O) groups excluding carboxylic acids is 2. The number of anilines is 2. The zero-order valence-electron chi connectivity index (χ0n) is 19.6. The van der Waals surface area contributed by atoms with Crippen LogP contribution in [0.3, 0.4) is 0 Å². The van der Waals surface area contributed by atoms with Crippen molar-refractivity contribution in [2.45, 2.75) is 29.6 Å². The largest absolute Gasteiger partial charge is 0.465 e.